The molecule has 2 aliphatic rings. The van der Waals surface area contributed by atoms with Crippen molar-refractivity contribution >= 4 is 29.3 Å². The zero-order valence-electron chi connectivity index (χ0n) is 17.6. The molecule has 7 heteroatoms. The number of anilines is 2. The Kier molecular flexibility index (Phi) is 5.93. The van der Waals surface area contributed by atoms with Gasteiger partial charge in [0, 0.05) is 31.9 Å². The van der Waals surface area contributed by atoms with Gasteiger partial charge in [0.1, 0.15) is 0 Å². The molecule has 160 valence electrons. The van der Waals surface area contributed by atoms with E-state index in [0.29, 0.717) is 11.7 Å². The lowest BCUT2D eigenvalue weighted by Crippen LogP contribution is -2.39. The minimum Gasteiger partial charge on any atom is -0.342 e. The molecule has 0 radical (unpaired) electrons. The molecule has 1 aromatic heterocycles. The molecule has 0 unspecified atom stereocenters. The lowest BCUT2D eigenvalue weighted by molar-refractivity contribution is -0.129. The Bertz CT molecular complexity index is 1010. The van der Waals surface area contributed by atoms with Crippen LogP contribution in [0.5, 0.6) is 0 Å². The molecule has 0 spiro atoms. The highest BCUT2D eigenvalue weighted by molar-refractivity contribution is 7.99. The van der Waals surface area contributed by atoms with Gasteiger partial charge in [0.15, 0.2) is 5.16 Å². The zero-order valence-corrected chi connectivity index (χ0v) is 18.4. The van der Waals surface area contributed by atoms with E-state index in [2.05, 4.69) is 62.1 Å². The van der Waals surface area contributed by atoms with Gasteiger partial charge in [-0.25, -0.2) is 0 Å². The second-order valence-electron chi connectivity index (χ2n) is 8.22. The van der Waals surface area contributed by atoms with Crippen LogP contribution in [-0.4, -0.2) is 51.0 Å². The van der Waals surface area contributed by atoms with E-state index in [4.69, 9.17) is 0 Å². The van der Waals surface area contributed by atoms with Crippen molar-refractivity contribution in [2.45, 2.75) is 31.0 Å². The molecule has 0 bridgehead atoms. The standard InChI is InChI=1S/C24H27N5OS/c30-22(27-13-11-20(12-14-27)17-19-7-3-1-4-8-19)18-31-24-26-25-23-28(15-16-29(23)24)21-9-5-2-6-10-21/h1-10,20H,11-18H2. The Labute approximate surface area is 187 Å². The molecule has 0 saturated carbocycles. The molecule has 31 heavy (non-hydrogen) atoms. The minimum atomic E-state index is 0.207. The first-order chi connectivity index (χ1) is 15.3. The predicted molar refractivity (Wildman–Crippen MR) is 124 cm³/mol. The van der Waals surface area contributed by atoms with Crippen LogP contribution in [0, 0.1) is 5.92 Å². The van der Waals surface area contributed by atoms with Crippen LogP contribution >= 0.6 is 11.8 Å². The molecule has 3 aromatic rings. The van der Waals surface area contributed by atoms with E-state index in [1.165, 1.54) is 17.3 Å². The van der Waals surface area contributed by atoms with E-state index in [-0.39, 0.29) is 5.91 Å². The second kappa shape index (κ2) is 9.14. The van der Waals surface area contributed by atoms with Gasteiger partial charge >= 0.3 is 0 Å². The molecule has 5 rings (SSSR count). The lowest BCUT2D eigenvalue weighted by Gasteiger charge is -2.32. The number of fused-ring (bicyclic) bond motifs is 1. The van der Waals surface area contributed by atoms with E-state index in [9.17, 15) is 4.79 Å². The van der Waals surface area contributed by atoms with Crippen molar-refractivity contribution in [3.63, 3.8) is 0 Å². The molecule has 3 heterocycles. The number of hydrogen-bond acceptors (Lipinski definition) is 5. The van der Waals surface area contributed by atoms with Crippen LogP contribution in [0.2, 0.25) is 0 Å². The van der Waals surface area contributed by atoms with Crippen LogP contribution in [0.25, 0.3) is 0 Å². The van der Waals surface area contributed by atoms with Gasteiger partial charge in [0.25, 0.3) is 0 Å². The number of rotatable bonds is 6. The van der Waals surface area contributed by atoms with Crippen LogP contribution in [0.3, 0.4) is 0 Å². The monoisotopic (exact) mass is 433 g/mol. The van der Waals surface area contributed by atoms with Crippen molar-refractivity contribution in [2.75, 3.05) is 30.3 Å². The summed E-state index contributed by atoms with van der Waals surface area (Å²) in [6.07, 6.45) is 3.27. The number of carbonyl (C=O) groups excluding carboxylic acids is 1. The van der Waals surface area contributed by atoms with Gasteiger partial charge in [-0.05, 0) is 42.9 Å². The first-order valence-electron chi connectivity index (χ1n) is 11.0. The van der Waals surface area contributed by atoms with Gasteiger partial charge in [-0.15, -0.1) is 10.2 Å². The summed E-state index contributed by atoms with van der Waals surface area (Å²) in [6, 6.07) is 20.9. The van der Waals surface area contributed by atoms with Crippen molar-refractivity contribution in [1.82, 2.24) is 19.7 Å². The number of thioether (sulfide) groups is 1. The number of aromatic nitrogens is 3. The SMILES string of the molecule is O=C(CSc1nnc2n1CCN2c1ccccc1)N1CCC(Cc2ccccc2)CC1. The maximum Gasteiger partial charge on any atom is 0.233 e. The highest BCUT2D eigenvalue weighted by Gasteiger charge is 2.27. The fourth-order valence-electron chi connectivity index (χ4n) is 4.49. The molecule has 2 aromatic carbocycles. The van der Waals surface area contributed by atoms with E-state index in [0.717, 1.165) is 62.2 Å². The Morgan fingerprint density at radius 3 is 2.35 bits per heavy atom. The summed E-state index contributed by atoms with van der Waals surface area (Å²) in [4.78, 5) is 17.0. The summed E-state index contributed by atoms with van der Waals surface area (Å²) < 4.78 is 2.12. The number of benzene rings is 2. The molecule has 0 aliphatic carbocycles. The topological polar surface area (TPSA) is 54.3 Å². The predicted octanol–water partition coefficient (Wildman–Crippen LogP) is 4.00. The lowest BCUT2D eigenvalue weighted by atomic mass is 9.90. The molecule has 0 atom stereocenters. The molecular formula is C24H27N5OS. The van der Waals surface area contributed by atoms with E-state index < -0.39 is 0 Å². The number of piperidine rings is 1. The number of carbonyl (C=O) groups is 1. The van der Waals surface area contributed by atoms with Crippen molar-refractivity contribution in [3.05, 3.63) is 66.2 Å². The normalized spacial score (nSPS) is 16.5. The van der Waals surface area contributed by atoms with Gasteiger partial charge in [-0.2, -0.15) is 0 Å². The second-order valence-corrected chi connectivity index (χ2v) is 9.17. The number of hydrogen-bond donors (Lipinski definition) is 0. The van der Waals surface area contributed by atoms with Gasteiger partial charge < -0.3 is 9.80 Å². The molecule has 6 nitrogen and oxygen atoms in total. The summed E-state index contributed by atoms with van der Waals surface area (Å²) in [7, 11) is 0. The van der Waals surface area contributed by atoms with Crippen LogP contribution in [-0.2, 0) is 17.8 Å². The number of likely N-dealkylation sites (tertiary alicyclic amines) is 1. The van der Waals surface area contributed by atoms with Gasteiger partial charge in [0.05, 0.1) is 5.75 Å². The first-order valence-corrected chi connectivity index (χ1v) is 12.0. The van der Waals surface area contributed by atoms with E-state index >= 15 is 0 Å². The van der Waals surface area contributed by atoms with Gasteiger partial charge in [0.2, 0.25) is 11.9 Å². The molecule has 1 saturated heterocycles. The Balaban J connectivity index is 1.13. The fraction of sp³-hybridized carbons (Fsp3) is 0.375. The Hall–Kier alpha value is -2.80. The third-order valence-electron chi connectivity index (χ3n) is 6.21. The fourth-order valence-corrected chi connectivity index (χ4v) is 5.35. The van der Waals surface area contributed by atoms with Crippen molar-refractivity contribution in [2.24, 2.45) is 5.92 Å². The van der Waals surface area contributed by atoms with E-state index in [1.807, 2.05) is 23.1 Å². The zero-order chi connectivity index (χ0) is 21.0. The number of amides is 1. The van der Waals surface area contributed by atoms with Crippen molar-refractivity contribution in [1.29, 1.82) is 0 Å². The minimum absolute atomic E-state index is 0.207. The largest absolute Gasteiger partial charge is 0.342 e. The third kappa shape index (κ3) is 4.46. The quantitative estimate of drug-likeness (QED) is 0.550. The third-order valence-corrected chi connectivity index (χ3v) is 7.16. The average Bonchev–Trinajstić information content (AvgIpc) is 3.42. The number of para-hydroxylation sites is 1. The summed E-state index contributed by atoms with van der Waals surface area (Å²) in [5.74, 6) is 2.16. The molecule has 0 N–H and O–H groups in total. The summed E-state index contributed by atoms with van der Waals surface area (Å²) in [6.45, 7) is 3.44. The maximum absolute atomic E-state index is 12.8. The van der Waals surface area contributed by atoms with Crippen LogP contribution in [0.15, 0.2) is 65.8 Å². The molecular weight excluding hydrogens is 406 g/mol. The van der Waals surface area contributed by atoms with Crippen LogP contribution < -0.4 is 4.90 Å². The molecule has 1 amide bonds. The highest BCUT2D eigenvalue weighted by atomic mass is 32.2. The maximum atomic E-state index is 12.8. The molecule has 1 fully saturated rings. The number of nitrogens with zero attached hydrogens (tertiary/aromatic N) is 5. The highest BCUT2D eigenvalue weighted by Crippen LogP contribution is 2.32. The summed E-state index contributed by atoms with van der Waals surface area (Å²) in [5, 5.41) is 9.58. The average molecular weight is 434 g/mol. The molecule has 2 aliphatic heterocycles. The van der Waals surface area contributed by atoms with Crippen LogP contribution in [0.4, 0.5) is 11.6 Å². The van der Waals surface area contributed by atoms with Crippen molar-refractivity contribution in [3.8, 4) is 0 Å². The first kappa shape index (κ1) is 20.1. The Morgan fingerprint density at radius 2 is 1.61 bits per heavy atom. The van der Waals surface area contributed by atoms with Gasteiger partial charge in [-0.3, -0.25) is 9.36 Å². The van der Waals surface area contributed by atoms with Crippen LogP contribution in [0.1, 0.15) is 18.4 Å². The van der Waals surface area contributed by atoms with Crippen molar-refractivity contribution < 1.29 is 4.79 Å². The Morgan fingerprint density at radius 1 is 0.903 bits per heavy atom. The van der Waals surface area contributed by atoms with E-state index in [1.54, 1.807) is 0 Å². The summed E-state index contributed by atoms with van der Waals surface area (Å²) in [5.41, 5.74) is 2.52. The van der Waals surface area contributed by atoms with Gasteiger partial charge in [-0.1, -0.05) is 60.3 Å². The smallest absolute Gasteiger partial charge is 0.233 e. The summed E-state index contributed by atoms with van der Waals surface area (Å²) >= 11 is 1.51.